The smallest absolute Gasteiger partial charge is 0.122 e. The fourth-order valence-corrected chi connectivity index (χ4v) is 1.30. The maximum Gasteiger partial charge on any atom is 0.122 e. The van der Waals surface area contributed by atoms with Gasteiger partial charge in [0, 0.05) is 13.1 Å². The number of rotatable bonds is 0. The zero-order chi connectivity index (χ0) is 8.93. The van der Waals surface area contributed by atoms with E-state index in [1.165, 1.54) is 25.1 Å². The topological polar surface area (TPSA) is 31.2 Å². The van der Waals surface area contributed by atoms with Gasteiger partial charge in [-0.1, -0.05) is 18.2 Å². The molecule has 1 fully saturated rings. The van der Waals surface area contributed by atoms with Crippen LogP contribution in [0.3, 0.4) is 0 Å². The van der Waals surface area contributed by atoms with Crippen molar-refractivity contribution in [2.75, 3.05) is 19.7 Å². The Morgan fingerprint density at radius 1 is 1.15 bits per heavy atom. The van der Waals surface area contributed by atoms with E-state index in [0.717, 1.165) is 18.8 Å². The van der Waals surface area contributed by atoms with Crippen LogP contribution in [-0.4, -0.2) is 19.7 Å². The average Bonchev–Trinajstić information content (AvgIpc) is 3.05. The van der Waals surface area contributed by atoms with Crippen molar-refractivity contribution in [3.8, 4) is 5.75 Å². The fraction of sp³-hybridized carbons (Fsp3) is 0.455. The third kappa shape index (κ3) is 2.74. The van der Waals surface area contributed by atoms with Crippen molar-refractivity contribution in [1.29, 1.82) is 0 Å². The summed E-state index contributed by atoms with van der Waals surface area (Å²) in [5.41, 5.74) is 1.36. The molecule has 3 rings (SSSR count). The number of para-hydroxylation sites is 1. The summed E-state index contributed by atoms with van der Waals surface area (Å²) in [6.45, 7) is 3.39. The Morgan fingerprint density at radius 2 is 1.92 bits per heavy atom. The molecule has 0 spiro atoms. The molecule has 0 bridgehead atoms. The summed E-state index contributed by atoms with van der Waals surface area (Å²) in [5.74, 6) is 1.08. The molecule has 0 radical (unpaired) electrons. The van der Waals surface area contributed by atoms with E-state index >= 15 is 0 Å². The van der Waals surface area contributed by atoms with E-state index in [2.05, 4.69) is 17.4 Å². The largest absolute Gasteiger partial charge is 0.493 e. The highest BCUT2D eigenvalue weighted by Crippen LogP contribution is 2.22. The average molecular weight is 177 g/mol. The minimum absolute atomic E-state index is 0.886. The number of hydrogen-bond acceptors (Lipinski definition) is 2. The molecule has 2 aliphatic heterocycles. The van der Waals surface area contributed by atoms with Gasteiger partial charge in [0.1, 0.15) is 5.75 Å². The Morgan fingerprint density at radius 3 is 2.62 bits per heavy atom. The van der Waals surface area contributed by atoms with Crippen LogP contribution in [0.25, 0.3) is 0 Å². The SMILES string of the molecule is C1CN1.c1ccc2c(c1)CCCO2. The van der Waals surface area contributed by atoms with Gasteiger partial charge in [-0.3, -0.25) is 0 Å². The molecule has 2 heteroatoms. The van der Waals surface area contributed by atoms with Crippen LogP contribution in [-0.2, 0) is 6.42 Å². The van der Waals surface area contributed by atoms with Crippen LogP contribution in [0.15, 0.2) is 24.3 Å². The molecule has 1 N–H and O–H groups in total. The first-order valence-electron chi connectivity index (χ1n) is 4.88. The highest BCUT2D eigenvalue weighted by molar-refractivity contribution is 5.34. The number of ether oxygens (including phenoxy) is 1. The minimum Gasteiger partial charge on any atom is -0.493 e. The molecule has 2 aliphatic rings. The van der Waals surface area contributed by atoms with Crippen molar-refractivity contribution >= 4 is 0 Å². The molecule has 1 saturated heterocycles. The van der Waals surface area contributed by atoms with Gasteiger partial charge in [0.2, 0.25) is 0 Å². The van der Waals surface area contributed by atoms with Crippen LogP contribution in [0.1, 0.15) is 12.0 Å². The Bertz CT molecular complexity index is 243. The molecular weight excluding hydrogens is 162 g/mol. The van der Waals surface area contributed by atoms with Gasteiger partial charge in [-0.05, 0) is 24.5 Å². The van der Waals surface area contributed by atoms with Crippen LogP contribution in [0, 0.1) is 0 Å². The van der Waals surface area contributed by atoms with Crippen LogP contribution in [0.5, 0.6) is 5.75 Å². The molecule has 2 nitrogen and oxygen atoms in total. The third-order valence-electron chi connectivity index (χ3n) is 2.07. The number of aryl methyl sites for hydroxylation is 1. The van der Waals surface area contributed by atoms with Crippen molar-refractivity contribution in [2.45, 2.75) is 12.8 Å². The molecule has 0 aromatic heterocycles. The summed E-state index contributed by atoms with van der Waals surface area (Å²) in [7, 11) is 0. The van der Waals surface area contributed by atoms with Crippen molar-refractivity contribution in [2.24, 2.45) is 0 Å². The molecule has 0 atom stereocenters. The summed E-state index contributed by atoms with van der Waals surface area (Å²) in [4.78, 5) is 0. The lowest BCUT2D eigenvalue weighted by Crippen LogP contribution is -2.07. The van der Waals surface area contributed by atoms with Gasteiger partial charge < -0.3 is 10.1 Å². The molecule has 0 unspecified atom stereocenters. The second-order valence-electron chi connectivity index (χ2n) is 3.31. The van der Waals surface area contributed by atoms with E-state index in [9.17, 15) is 0 Å². The highest BCUT2D eigenvalue weighted by Gasteiger charge is 2.06. The monoisotopic (exact) mass is 177 g/mol. The molecule has 1 aromatic carbocycles. The lowest BCUT2D eigenvalue weighted by molar-refractivity contribution is 0.288. The maximum absolute atomic E-state index is 5.42. The summed E-state index contributed by atoms with van der Waals surface area (Å²) in [6.07, 6.45) is 2.34. The number of benzene rings is 1. The summed E-state index contributed by atoms with van der Waals surface area (Å²) < 4.78 is 5.42. The molecule has 70 valence electrons. The second kappa shape index (κ2) is 4.28. The third-order valence-corrected chi connectivity index (χ3v) is 2.07. The van der Waals surface area contributed by atoms with Crippen LogP contribution in [0.4, 0.5) is 0 Å². The Hall–Kier alpha value is -1.02. The molecule has 0 amide bonds. The van der Waals surface area contributed by atoms with Gasteiger partial charge in [-0.25, -0.2) is 0 Å². The maximum atomic E-state index is 5.42. The van der Waals surface area contributed by atoms with Crippen molar-refractivity contribution in [3.05, 3.63) is 29.8 Å². The highest BCUT2D eigenvalue weighted by atomic mass is 16.5. The number of nitrogens with one attached hydrogen (secondary N) is 1. The van der Waals surface area contributed by atoms with Crippen molar-refractivity contribution in [1.82, 2.24) is 5.32 Å². The molecule has 0 aliphatic carbocycles. The molecule has 1 aromatic rings. The molecular formula is C11H15NO. The molecule has 13 heavy (non-hydrogen) atoms. The van der Waals surface area contributed by atoms with Crippen molar-refractivity contribution in [3.63, 3.8) is 0 Å². The number of hydrogen-bond donors (Lipinski definition) is 1. The van der Waals surface area contributed by atoms with Gasteiger partial charge >= 0.3 is 0 Å². The van der Waals surface area contributed by atoms with Gasteiger partial charge in [0.25, 0.3) is 0 Å². The van der Waals surface area contributed by atoms with E-state index in [1.807, 2.05) is 12.1 Å². The van der Waals surface area contributed by atoms with Crippen LogP contribution < -0.4 is 10.1 Å². The normalized spacial score (nSPS) is 17.5. The van der Waals surface area contributed by atoms with Gasteiger partial charge in [0.15, 0.2) is 0 Å². The first-order valence-corrected chi connectivity index (χ1v) is 4.88. The Balaban J connectivity index is 0.000000185. The van der Waals surface area contributed by atoms with Crippen LogP contribution >= 0.6 is 0 Å². The molecule has 2 heterocycles. The van der Waals surface area contributed by atoms with E-state index in [-0.39, 0.29) is 0 Å². The summed E-state index contributed by atoms with van der Waals surface area (Å²) in [6, 6.07) is 8.25. The van der Waals surface area contributed by atoms with E-state index in [1.54, 1.807) is 0 Å². The van der Waals surface area contributed by atoms with Crippen molar-refractivity contribution < 1.29 is 4.74 Å². The van der Waals surface area contributed by atoms with E-state index in [4.69, 9.17) is 4.74 Å². The summed E-state index contributed by atoms with van der Waals surface area (Å²) >= 11 is 0. The van der Waals surface area contributed by atoms with Gasteiger partial charge in [0.05, 0.1) is 6.61 Å². The second-order valence-corrected chi connectivity index (χ2v) is 3.31. The lowest BCUT2D eigenvalue weighted by Gasteiger charge is -2.15. The van der Waals surface area contributed by atoms with E-state index in [0.29, 0.717) is 0 Å². The Labute approximate surface area is 78.9 Å². The van der Waals surface area contributed by atoms with E-state index < -0.39 is 0 Å². The zero-order valence-electron chi connectivity index (χ0n) is 7.75. The predicted octanol–water partition coefficient (Wildman–Crippen LogP) is 1.60. The predicted molar refractivity (Wildman–Crippen MR) is 53.1 cm³/mol. The quantitative estimate of drug-likeness (QED) is 0.610. The van der Waals surface area contributed by atoms with Gasteiger partial charge in [-0.2, -0.15) is 0 Å². The fourth-order valence-electron chi connectivity index (χ4n) is 1.30. The van der Waals surface area contributed by atoms with Crippen LogP contribution in [0.2, 0.25) is 0 Å². The zero-order valence-corrected chi connectivity index (χ0v) is 7.75. The standard InChI is InChI=1S/C9H10O.C2H5N/c1-2-6-9-8(4-1)5-3-7-10-9;1-2-3-1/h1-2,4,6H,3,5,7H2;3H,1-2H2. The summed E-state index contributed by atoms with van der Waals surface area (Å²) in [5, 5.41) is 3.00. The van der Waals surface area contributed by atoms with Gasteiger partial charge in [-0.15, -0.1) is 0 Å². The molecule has 0 saturated carbocycles. The number of fused-ring (bicyclic) bond motifs is 1. The first kappa shape index (κ1) is 8.57. The lowest BCUT2D eigenvalue weighted by atomic mass is 10.1. The first-order chi connectivity index (χ1) is 6.47. The Kier molecular flexibility index (Phi) is 2.82. The minimum atomic E-state index is 0.886.